The number of hydrogen-bond acceptors (Lipinski definition) is 7. The second-order valence-electron chi connectivity index (χ2n) is 7.59. The number of benzene rings is 2. The Bertz CT molecular complexity index is 1190. The average molecular weight is 494 g/mol. The number of nitrogens with zero attached hydrogens (tertiary/aromatic N) is 1. The molecule has 7 nitrogen and oxygen atoms in total. The van der Waals surface area contributed by atoms with E-state index in [1.807, 2.05) is 6.92 Å². The van der Waals surface area contributed by atoms with Crippen LogP contribution in [-0.2, 0) is 17.4 Å². The second kappa shape index (κ2) is 9.96. The zero-order valence-corrected chi connectivity index (χ0v) is 18.9. The Morgan fingerprint density at radius 2 is 1.82 bits per heavy atom. The van der Waals surface area contributed by atoms with E-state index in [1.165, 1.54) is 12.1 Å². The van der Waals surface area contributed by atoms with E-state index >= 15 is 0 Å². The van der Waals surface area contributed by atoms with Gasteiger partial charge in [0.15, 0.2) is 11.3 Å². The van der Waals surface area contributed by atoms with Crippen LogP contribution in [0.4, 0.5) is 18.0 Å². The lowest BCUT2D eigenvalue weighted by Crippen LogP contribution is -2.20. The molecule has 1 N–H and O–H groups in total. The van der Waals surface area contributed by atoms with Crippen molar-refractivity contribution in [1.29, 1.82) is 0 Å². The van der Waals surface area contributed by atoms with Gasteiger partial charge in [-0.25, -0.2) is 0 Å². The maximum Gasteiger partial charge on any atom is 0.437 e. The highest BCUT2D eigenvalue weighted by Gasteiger charge is 2.37. The number of imide groups is 1. The molecule has 1 aliphatic heterocycles. The fourth-order valence-corrected chi connectivity index (χ4v) is 4.45. The average Bonchev–Trinajstić information content (AvgIpc) is 3.38. The number of carbonyl (C=O) groups is 2. The molecule has 1 atom stereocenters. The number of alkyl halides is 3. The summed E-state index contributed by atoms with van der Waals surface area (Å²) in [5.74, 6) is 0.736. The third kappa shape index (κ3) is 5.14. The molecule has 1 aromatic heterocycles. The molecular weight excluding hydrogens is 473 g/mol. The summed E-state index contributed by atoms with van der Waals surface area (Å²) in [5, 5.41) is 4.48. The Kier molecular flexibility index (Phi) is 7.01. The number of thioether (sulfide) groups is 1. The van der Waals surface area contributed by atoms with Gasteiger partial charge in [0, 0.05) is 12.0 Å². The van der Waals surface area contributed by atoms with Crippen molar-refractivity contribution in [3.05, 3.63) is 53.2 Å². The van der Waals surface area contributed by atoms with Gasteiger partial charge in [-0.05, 0) is 48.0 Å². The van der Waals surface area contributed by atoms with E-state index in [2.05, 4.69) is 10.5 Å². The maximum atomic E-state index is 13.1. The predicted molar refractivity (Wildman–Crippen MR) is 119 cm³/mol. The van der Waals surface area contributed by atoms with Gasteiger partial charge in [0.25, 0.3) is 5.24 Å². The quantitative estimate of drug-likeness (QED) is 0.383. The van der Waals surface area contributed by atoms with Crippen LogP contribution < -0.4 is 14.8 Å². The second-order valence-corrected chi connectivity index (χ2v) is 8.67. The Labute approximate surface area is 196 Å². The molecule has 34 heavy (non-hydrogen) atoms. The number of ether oxygens (including phenoxy) is 2. The number of rotatable bonds is 9. The number of nitrogens with one attached hydrogen (secondary N) is 1. The third-order valence-corrected chi connectivity index (χ3v) is 6.19. The molecular formula is C23H21F3N2O5S. The summed E-state index contributed by atoms with van der Waals surface area (Å²) >= 11 is 0.939. The lowest BCUT2D eigenvalue weighted by Gasteiger charge is -2.12. The van der Waals surface area contributed by atoms with Crippen LogP contribution in [0.1, 0.15) is 41.8 Å². The van der Waals surface area contributed by atoms with Crippen LogP contribution in [0.3, 0.4) is 0 Å². The summed E-state index contributed by atoms with van der Waals surface area (Å²) in [6.07, 6.45) is -2.87. The van der Waals surface area contributed by atoms with Crippen molar-refractivity contribution in [1.82, 2.24) is 10.5 Å². The number of amides is 2. The van der Waals surface area contributed by atoms with E-state index in [-0.39, 0.29) is 22.1 Å². The molecule has 0 saturated carbocycles. The van der Waals surface area contributed by atoms with E-state index in [9.17, 15) is 22.8 Å². The van der Waals surface area contributed by atoms with Gasteiger partial charge in [-0.15, -0.1) is 0 Å². The van der Waals surface area contributed by atoms with Crippen molar-refractivity contribution in [2.24, 2.45) is 0 Å². The summed E-state index contributed by atoms with van der Waals surface area (Å²) in [5.41, 5.74) is 0.333. The lowest BCUT2D eigenvalue weighted by atomic mass is 10.0. The molecule has 180 valence electrons. The Balaban J connectivity index is 1.32. The molecule has 3 aromatic rings. The van der Waals surface area contributed by atoms with Gasteiger partial charge in [-0.3, -0.25) is 14.9 Å². The number of fused-ring (bicyclic) bond motifs is 1. The molecule has 4 rings (SSSR count). The molecule has 0 spiro atoms. The highest BCUT2D eigenvalue weighted by atomic mass is 32.2. The summed E-state index contributed by atoms with van der Waals surface area (Å²) < 4.78 is 55.9. The van der Waals surface area contributed by atoms with Gasteiger partial charge < -0.3 is 14.0 Å². The number of carbonyl (C=O) groups excluding carboxylic acids is 2. The standard InChI is InChI=1S/C23H21F3N2O5S/c1-2-4-15-17(10-9-16-18(15)33-28-20(16)23(24,25)26)32-12-3-11-31-14-7-5-13(6-8-14)19-21(29)27-22(30)34-19/h5-10,19H,2-4,11-12H2,1H3,(H,27,29,30). The van der Waals surface area contributed by atoms with E-state index in [0.717, 1.165) is 11.8 Å². The topological polar surface area (TPSA) is 90.7 Å². The van der Waals surface area contributed by atoms with Crippen LogP contribution in [0.15, 0.2) is 40.9 Å². The van der Waals surface area contributed by atoms with Crippen molar-refractivity contribution in [3.63, 3.8) is 0 Å². The third-order valence-electron chi connectivity index (χ3n) is 5.16. The molecule has 11 heteroatoms. The molecule has 0 radical (unpaired) electrons. The molecule has 2 heterocycles. The maximum absolute atomic E-state index is 13.1. The molecule has 1 saturated heterocycles. The SMILES string of the molecule is CCCc1c(OCCCOc2ccc(C3SC(=O)NC3=O)cc2)ccc2c(C(F)(F)F)noc12. The van der Waals surface area contributed by atoms with Crippen molar-refractivity contribution < 1.29 is 36.8 Å². The van der Waals surface area contributed by atoms with Crippen molar-refractivity contribution in [3.8, 4) is 11.5 Å². The highest BCUT2D eigenvalue weighted by molar-refractivity contribution is 8.15. The number of aryl methyl sites for hydroxylation is 1. The summed E-state index contributed by atoms with van der Waals surface area (Å²) in [4.78, 5) is 23.1. The molecule has 1 unspecified atom stereocenters. The minimum Gasteiger partial charge on any atom is -0.493 e. The van der Waals surface area contributed by atoms with Gasteiger partial charge in [-0.1, -0.05) is 30.6 Å². The first-order valence-electron chi connectivity index (χ1n) is 10.6. The fourth-order valence-electron chi connectivity index (χ4n) is 3.61. The first-order chi connectivity index (χ1) is 16.3. The van der Waals surface area contributed by atoms with Crippen molar-refractivity contribution >= 4 is 33.9 Å². The molecule has 2 amide bonds. The number of aromatic nitrogens is 1. The monoisotopic (exact) mass is 494 g/mol. The zero-order valence-electron chi connectivity index (χ0n) is 18.1. The fraction of sp³-hybridized carbons (Fsp3) is 0.348. The van der Waals surface area contributed by atoms with Crippen molar-refractivity contribution in [2.45, 2.75) is 37.6 Å². The number of halogens is 3. The smallest absolute Gasteiger partial charge is 0.437 e. The number of hydrogen-bond donors (Lipinski definition) is 1. The largest absolute Gasteiger partial charge is 0.493 e. The molecule has 0 bridgehead atoms. The normalized spacial score (nSPS) is 16.2. The molecule has 2 aromatic carbocycles. The van der Waals surface area contributed by atoms with Crippen LogP contribution in [-0.4, -0.2) is 29.5 Å². The van der Waals surface area contributed by atoms with Gasteiger partial charge >= 0.3 is 6.18 Å². The van der Waals surface area contributed by atoms with Gasteiger partial charge in [-0.2, -0.15) is 13.2 Å². The lowest BCUT2D eigenvalue weighted by molar-refractivity contribution is -0.141. The molecule has 0 aliphatic carbocycles. The Morgan fingerprint density at radius 1 is 1.09 bits per heavy atom. The Morgan fingerprint density at radius 3 is 2.47 bits per heavy atom. The summed E-state index contributed by atoms with van der Waals surface area (Å²) in [7, 11) is 0. The van der Waals surface area contributed by atoms with E-state index in [4.69, 9.17) is 14.0 Å². The van der Waals surface area contributed by atoms with Gasteiger partial charge in [0.1, 0.15) is 16.7 Å². The van der Waals surface area contributed by atoms with E-state index < -0.39 is 17.1 Å². The minimum atomic E-state index is -4.59. The molecule has 1 fully saturated rings. The highest BCUT2D eigenvalue weighted by Crippen LogP contribution is 2.38. The van der Waals surface area contributed by atoms with Gasteiger partial charge in [0.2, 0.25) is 5.91 Å². The first-order valence-corrected chi connectivity index (χ1v) is 11.5. The Hall–Kier alpha value is -3.21. The van der Waals surface area contributed by atoms with Crippen LogP contribution in [0.25, 0.3) is 11.0 Å². The van der Waals surface area contributed by atoms with Crippen LogP contribution >= 0.6 is 11.8 Å². The van der Waals surface area contributed by atoms with E-state index in [0.29, 0.717) is 55.1 Å². The van der Waals surface area contributed by atoms with Crippen LogP contribution in [0.2, 0.25) is 0 Å². The minimum absolute atomic E-state index is 0.0760. The first kappa shape index (κ1) is 23.9. The summed E-state index contributed by atoms with van der Waals surface area (Å²) in [6.45, 7) is 2.56. The summed E-state index contributed by atoms with van der Waals surface area (Å²) in [6, 6.07) is 9.75. The van der Waals surface area contributed by atoms with E-state index in [1.54, 1.807) is 24.3 Å². The van der Waals surface area contributed by atoms with Crippen molar-refractivity contribution in [2.75, 3.05) is 13.2 Å². The van der Waals surface area contributed by atoms with Crippen LogP contribution in [0.5, 0.6) is 11.5 Å². The molecule has 1 aliphatic rings. The van der Waals surface area contributed by atoms with Crippen LogP contribution in [0, 0.1) is 0 Å². The zero-order chi connectivity index (χ0) is 24.3. The predicted octanol–water partition coefficient (Wildman–Crippen LogP) is 5.67. The van der Waals surface area contributed by atoms with Gasteiger partial charge in [0.05, 0.1) is 18.6 Å².